The Morgan fingerprint density at radius 1 is 1.25 bits per heavy atom. The number of carbonyl (C=O) groups is 1. The Labute approximate surface area is 123 Å². The van der Waals surface area contributed by atoms with Gasteiger partial charge in [-0.25, -0.2) is 8.42 Å². The third kappa shape index (κ3) is 2.59. The third-order valence-electron chi connectivity index (χ3n) is 3.97. The normalized spacial score (nSPS) is 28.4. The Morgan fingerprint density at radius 2 is 2.00 bits per heavy atom. The smallest absolute Gasteiger partial charge is 0.233 e. The van der Waals surface area contributed by atoms with Gasteiger partial charge in [-0.2, -0.15) is 0 Å². The Morgan fingerprint density at radius 3 is 2.65 bits per heavy atom. The van der Waals surface area contributed by atoms with Crippen LogP contribution in [0.3, 0.4) is 0 Å². The van der Waals surface area contributed by atoms with Crippen molar-refractivity contribution < 1.29 is 13.2 Å². The lowest BCUT2D eigenvalue weighted by atomic mass is 10.1. The molecule has 0 N–H and O–H groups in total. The lowest BCUT2D eigenvalue weighted by Gasteiger charge is -2.33. The number of rotatable bonds is 3. The Kier molecular flexibility index (Phi) is 3.54. The molecule has 2 aliphatic rings. The van der Waals surface area contributed by atoms with Gasteiger partial charge < -0.3 is 4.90 Å². The van der Waals surface area contributed by atoms with Crippen molar-refractivity contribution in [3.63, 3.8) is 0 Å². The highest BCUT2D eigenvalue weighted by Crippen LogP contribution is 2.44. The number of hydrogen-bond acceptors (Lipinski definition) is 4. The molecule has 1 amide bonds. The zero-order chi connectivity index (χ0) is 14.2. The summed E-state index contributed by atoms with van der Waals surface area (Å²) in [6, 6.07) is 9.99. The average molecular weight is 311 g/mol. The molecule has 1 aromatic rings. The summed E-state index contributed by atoms with van der Waals surface area (Å²) in [7, 11) is -2.99. The SMILES string of the molecule is O=C1CS[C@]2(CCS(=O)(=O)C2)N1CCc1ccccc1. The van der Waals surface area contributed by atoms with E-state index in [2.05, 4.69) is 0 Å². The number of benzene rings is 1. The van der Waals surface area contributed by atoms with Crippen LogP contribution in [0.4, 0.5) is 0 Å². The first-order valence-electron chi connectivity index (χ1n) is 6.70. The van der Waals surface area contributed by atoms with Gasteiger partial charge in [0.1, 0.15) is 4.87 Å². The maximum atomic E-state index is 12.1. The second-order valence-electron chi connectivity index (χ2n) is 5.36. The van der Waals surface area contributed by atoms with E-state index in [0.717, 1.165) is 6.42 Å². The first kappa shape index (κ1) is 13.9. The molecular formula is C14H17NO3S2. The topological polar surface area (TPSA) is 54.5 Å². The van der Waals surface area contributed by atoms with Crippen molar-refractivity contribution in [2.75, 3.05) is 23.8 Å². The van der Waals surface area contributed by atoms with Crippen LogP contribution in [-0.2, 0) is 21.1 Å². The van der Waals surface area contributed by atoms with Crippen LogP contribution in [0.25, 0.3) is 0 Å². The molecule has 0 saturated carbocycles. The van der Waals surface area contributed by atoms with Gasteiger partial charge in [0, 0.05) is 6.54 Å². The zero-order valence-corrected chi connectivity index (χ0v) is 12.8. The number of thioether (sulfide) groups is 1. The standard InChI is InChI=1S/C14H17NO3S2/c16-13-10-19-14(7-9-20(17,18)11-14)15(13)8-6-12-4-2-1-3-5-12/h1-5H,6-11H2/t14-/m0/s1. The van der Waals surface area contributed by atoms with E-state index in [-0.39, 0.29) is 17.4 Å². The van der Waals surface area contributed by atoms with Gasteiger partial charge in [-0.15, -0.1) is 11.8 Å². The van der Waals surface area contributed by atoms with Crippen LogP contribution in [0.2, 0.25) is 0 Å². The predicted octanol–water partition coefficient (Wildman–Crippen LogP) is 1.32. The van der Waals surface area contributed by atoms with Crippen molar-refractivity contribution in [3.05, 3.63) is 35.9 Å². The summed E-state index contributed by atoms with van der Waals surface area (Å²) in [6.07, 6.45) is 1.34. The first-order valence-corrected chi connectivity index (χ1v) is 9.50. The van der Waals surface area contributed by atoms with Gasteiger partial charge in [-0.05, 0) is 18.4 Å². The van der Waals surface area contributed by atoms with E-state index in [0.29, 0.717) is 18.7 Å². The second kappa shape index (κ2) is 5.07. The highest BCUT2D eigenvalue weighted by molar-refractivity contribution is 8.03. The van der Waals surface area contributed by atoms with Gasteiger partial charge in [0.2, 0.25) is 5.91 Å². The summed E-state index contributed by atoms with van der Waals surface area (Å²) in [5.41, 5.74) is 1.17. The van der Waals surface area contributed by atoms with E-state index in [1.165, 1.54) is 17.3 Å². The summed E-state index contributed by atoms with van der Waals surface area (Å²) in [5.74, 6) is 0.799. The fourth-order valence-corrected chi connectivity index (χ4v) is 6.85. The molecule has 2 heterocycles. The van der Waals surface area contributed by atoms with E-state index in [4.69, 9.17) is 0 Å². The molecule has 1 aromatic carbocycles. The molecule has 3 rings (SSSR count). The molecule has 1 atom stereocenters. The van der Waals surface area contributed by atoms with Crippen molar-refractivity contribution in [2.45, 2.75) is 17.7 Å². The van der Waals surface area contributed by atoms with Crippen molar-refractivity contribution in [1.29, 1.82) is 0 Å². The largest absolute Gasteiger partial charge is 0.326 e. The van der Waals surface area contributed by atoms with Crippen molar-refractivity contribution >= 4 is 27.5 Å². The number of hydrogen-bond donors (Lipinski definition) is 0. The molecule has 2 fully saturated rings. The van der Waals surface area contributed by atoms with E-state index < -0.39 is 14.7 Å². The maximum absolute atomic E-state index is 12.1. The molecule has 0 radical (unpaired) electrons. The van der Waals surface area contributed by atoms with Crippen LogP contribution in [0, 0.1) is 0 Å². The number of carbonyl (C=O) groups excluding carboxylic acids is 1. The summed E-state index contributed by atoms with van der Waals surface area (Å²) in [6.45, 7) is 0.603. The quantitative estimate of drug-likeness (QED) is 0.845. The summed E-state index contributed by atoms with van der Waals surface area (Å²) in [4.78, 5) is 13.4. The van der Waals surface area contributed by atoms with Gasteiger partial charge in [0.05, 0.1) is 17.3 Å². The highest BCUT2D eigenvalue weighted by Gasteiger charge is 2.52. The molecule has 108 valence electrons. The minimum Gasteiger partial charge on any atom is -0.326 e. The van der Waals surface area contributed by atoms with E-state index >= 15 is 0 Å². The molecule has 0 bridgehead atoms. The zero-order valence-electron chi connectivity index (χ0n) is 11.1. The van der Waals surface area contributed by atoms with Crippen LogP contribution >= 0.6 is 11.8 Å². The summed E-state index contributed by atoms with van der Waals surface area (Å²) in [5, 5.41) is 0. The number of sulfone groups is 1. The van der Waals surface area contributed by atoms with Crippen LogP contribution in [-0.4, -0.2) is 47.9 Å². The average Bonchev–Trinajstić information content (AvgIpc) is 2.89. The van der Waals surface area contributed by atoms with E-state index in [1.807, 2.05) is 30.3 Å². The fraction of sp³-hybridized carbons (Fsp3) is 0.500. The highest BCUT2D eigenvalue weighted by atomic mass is 32.2. The Balaban J connectivity index is 1.75. The predicted molar refractivity (Wildman–Crippen MR) is 80.3 cm³/mol. The minimum absolute atomic E-state index is 0.0723. The van der Waals surface area contributed by atoms with Gasteiger partial charge in [-0.3, -0.25) is 4.79 Å². The third-order valence-corrected chi connectivity index (χ3v) is 7.40. The molecule has 20 heavy (non-hydrogen) atoms. The molecule has 2 saturated heterocycles. The van der Waals surface area contributed by atoms with Gasteiger partial charge in [0.25, 0.3) is 0 Å². The molecule has 0 unspecified atom stereocenters. The summed E-state index contributed by atoms with van der Waals surface area (Å²) < 4.78 is 23.5. The minimum atomic E-state index is -2.99. The van der Waals surface area contributed by atoms with E-state index in [9.17, 15) is 13.2 Å². The van der Waals surface area contributed by atoms with Gasteiger partial charge in [0.15, 0.2) is 9.84 Å². The van der Waals surface area contributed by atoms with Crippen LogP contribution in [0.15, 0.2) is 30.3 Å². The van der Waals surface area contributed by atoms with Crippen molar-refractivity contribution in [3.8, 4) is 0 Å². The fourth-order valence-electron chi connectivity index (χ4n) is 2.92. The second-order valence-corrected chi connectivity index (χ2v) is 8.88. The molecular weight excluding hydrogens is 294 g/mol. The van der Waals surface area contributed by atoms with Crippen molar-refractivity contribution in [1.82, 2.24) is 4.90 Å². The monoisotopic (exact) mass is 311 g/mol. The molecule has 2 aliphatic heterocycles. The van der Waals surface area contributed by atoms with Crippen LogP contribution in [0.5, 0.6) is 0 Å². The van der Waals surface area contributed by atoms with Gasteiger partial charge in [-0.1, -0.05) is 30.3 Å². The van der Waals surface area contributed by atoms with Gasteiger partial charge >= 0.3 is 0 Å². The number of nitrogens with zero attached hydrogens (tertiary/aromatic N) is 1. The molecule has 0 aliphatic carbocycles. The van der Waals surface area contributed by atoms with Crippen LogP contribution in [0.1, 0.15) is 12.0 Å². The molecule has 0 aromatic heterocycles. The first-order chi connectivity index (χ1) is 9.51. The molecule has 4 nitrogen and oxygen atoms in total. The summed E-state index contributed by atoms with van der Waals surface area (Å²) >= 11 is 1.50. The van der Waals surface area contributed by atoms with Crippen molar-refractivity contribution in [2.24, 2.45) is 0 Å². The lowest BCUT2D eigenvalue weighted by molar-refractivity contribution is -0.129. The Hall–Kier alpha value is -1.01. The van der Waals surface area contributed by atoms with Crippen LogP contribution < -0.4 is 0 Å². The van der Waals surface area contributed by atoms with E-state index in [1.54, 1.807) is 4.90 Å². The maximum Gasteiger partial charge on any atom is 0.233 e. The molecule has 1 spiro atoms. The molecule has 6 heteroatoms. The number of amides is 1. The Bertz CT molecular complexity index is 615. The lowest BCUT2D eigenvalue weighted by Crippen LogP contribution is -2.46.